The predicted molar refractivity (Wildman–Crippen MR) is 164 cm³/mol. The topological polar surface area (TPSA) is 121 Å². The van der Waals surface area contributed by atoms with Crippen LogP contribution in [-0.2, 0) is 26.8 Å². The van der Waals surface area contributed by atoms with Gasteiger partial charge in [0.25, 0.3) is 0 Å². The van der Waals surface area contributed by atoms with E-state index in [9.17, 15) is 29.7 Å². The molecule has 1 atom stereocenters. The Balaban J connectivity index is 0.000000294. The number of ether oxygens (including phenoxy) is 1. The van der Waals surface area contributed by atoms with Gasteiger partial charge in [0.15, 0.2) is 5.78 Å². The number of ketones is 1. The highest BCUT2D eigenvalue weighted by molar-refractivity contribution is 6.10. The van der Waals surface area contributed by atoms with Gasteiger partial charge in [0.05, 0.1) is 11.5 Å². The van der Waals surface area contributed by atoms with Crippen LogP contribution in [0, 0.1) is 5.92 Å². The molecule has 3 aromatic rings. The van der Waals surface area contributed by atoms with E-state index in [1.54, 1.807) is 30.3 Å². The van der Waals surface area contributed by atoms with Crippen LogP contribution in [0.1, 0.15) is 74.2 Å². The summed E-state index contributed by atoms with van der Waals surface area (Å²) in [5, 5.41) is 29.7. The standard InChI is InChI=1S/C19H28O3.C16H12O4/c1-8-13(17(21)22)9-12-10-14(18(2,3)4)16(20)15(11-12)19(5,6)7;1-2-15(18)20-12-8-9-13(14(17)10-12)16(19)11-6-4-3-5-7-11/h8,10-11,13,20H,1,9H2,2-7H3,(H,21,22);2-10,17H,1H2. The largest absolute Gasteiger partial charge is 0.507 e. The molecule has 222 valence electrons. The van der Waals surface area contributed by atoms with Crippen molar-refractivity contribution in [2.75, 3.05) is 0 Å². The maximum atomic E-state index is 12.2. The minimum Gasteiger partial charge on any atom is -0.507 e. The molecule has 1 unspecified atom stereocenters. The van der Waals surface area contributed by atoms with Crippen LogP contribution in [0.5, 0.6) is 17.2 Å². The van der Waals surface area contributed by atoms with Gasteiger partial charge in [-0.15, -0.1) is 6.58 Å². The molecule has 0 aliphatic heterocycles. The predicted octanol–water partition coefficient (Wildman–Crippen LogP) is 7.13. The fraction of sp³-hybridized carbons (Fsp3) is 0.286. The Morgan fingerprint density at radius 2 is 1.40 bits per heavy atom. The normalized spacial score (nSPS) is 11.9. The number of aliphatic carboxylic acids is 1. The van der Waals surface area contributed by atoms with E-state index in [2.05, 4.69) is 13.2 Å². The number of carbonyl (C=O) groups is 3. The number of aromatic hydroxyl groups is 2. The second-order valence-corrected chi connectivity index (χ2v) is 11.9. The van der Waals surface area contributed by atoms with Crippen molar-refractivity contribution in [3.8, 4) is 17.2 Å². The van der Waals surface area contributed by atoms with Gasteiger partial charge in [-0.3, -0.25) is 9.59 Å². The summed E-state index contributed by atoms with van der Waals surface area (Å²) < 4.78 is 4.86. The molecule has 3 N–H and O–H groups in total. The molecule has 0 heterocycles. The number of benzene rings is 3. The van der Waals surface area contributed by atoms with Crippen molar-refractivity contribution in [2.45, 2.75) is 58.8 Å². The lowest BCUT2D eigenvalue weighted by Crippen LogP contribution is -2.19. The zero-order valence-corrected chi connectivity index (χ0v) is 25.1. The van der Waals surface area contributed by atoms with Crippen molar-refractivity contribution >= 4 is 17.7 Å². The van der Waals surface area contributed by atoms with E-state index < -0.39 is 17.9 Å². The maximum absolute atomic E-state index is 12.2. The van der Waals surface area contributed by atoms with Crippen LogP contribution in [0.2, 0.25) is 0 Å². The minimum atomic E-state index is -0.877. The molecule has 3 aromatic carbocycles. The molecule has 0 bridgehead atoms. The van der Waals surface area contributed by atoms with Crippen LogP contribution >= 0.6 is 0 Å². The number of hydrogen-bond acceptors (Lipinski definition) is 6. The average Bonchev–Trinajstić information content (AvgIpc) is 2.91. The number of phenolic OH excluding ortho intramolecular Hbond substituents is 2. The lowest BCUT2D eigenvalue weighted by atomic mass is 9.77. The Hall–Kier alpha value is -4.65. The third kappa shape index (κ3) is 8.93. The van der Waals surface area contributed by atoms with Gasteiger partial charge in [-0.1, -0.05) is 96.7 Å². The number of carboxylic acid groups (broad SMARTS) is 1. The van der Waals surface area contributed by atoms with E-state index in [-0.39, 0.29) is 33.7 Å². The average molecular weight is 573 g/mol. The Bertz CT molecular complexity index is 1420. The first-order valence-corrected chi connectivity index (χ1v) is 13.5. The molecule has 0 radical (unpaired) electrons. The van der Waals surface area contributed by atoms with Crippen molar-refractivity contribution < 1.29 is 34.4 Å². The summed E-state index contributed by atoms with van der Waals surface area (Å²) in [6.45, 7) is 19.1. The number of esters is 1. The monoisotopic (exact) mass is 572 g/mol. The third-order valence-corrected chi connectivity index (χ3v) is 6.48. The molecule has 0 aliphatic rings. The van der Waals surface area contributed by atoms with Crippen LogP contribution in [0.15, 0.2) is 86.0 Å². The molecule has 0 saturated heterocycles. The molecule has 0 saturated carbocycles. The molecule has 0 aliphatic carbocycles. The van der Waals surface area contributed by atoms with E-state index in [0.717, 1.165) is 22.8 Å². The second kappa shape index (κ2) is 13.8. The summed E-state index contributed by atoms with van der Waals surface area (Å²) in [6, 6.07) is 16.5. The summed E-state index contributed by atoms with van der Waals surface area (Å²) in [4.78, 5) is 34.5. The van der Waals surface area contributed by atoms with Crippen molar-refractivity contribution in [1.29, 1.82) is 0 Å². The number of carboxylic acids is 1. The van der Waals surface area contributed by atoms with E-state index in [1.165, 1.54) is 24.3 Å². The molecule has 7 nitrogen and oxygen atoms in total. The third-order valence-electron chi connectivity index (χ3n) is 6.48. The highest BCUT2D eigenvalue weighted by Crippen LogP contribution is 2.40. The van der Waals surface area contributed by atoms with Gasteiger partial charge in [-0.05, 0) is 46.1 Å². The van der Waals surface area contributed by atoms with E-state index in [0.29, 0.717) is 17.7 Å². The first kappa shape index (κ1) is 33.6. The first-order chi connectivity index (χ1) is 19.5. The number of phenols is 2. The second-order valence-electron chi connectivity index (χ2n) is 11.9. The molecule has 0 aromatic heterocycles. The zero-order chi connectivity index (χ0) is 31.8. The van der Waals surface area contributed by atoms with Gasteiger partial charge in [-0.2, -0.15) is 0 Å². The molecule has 3 rings (SSSR count). The minimum absolute atomic E-state index is 0.148. The van der Waals surface area contributed by atoms with Crippen LogP contribution < -0.4 is 4.74 Å². The van der Waals surface area contributed by atoms with Crippen LogP contribution in [0.3, 0.4) is 0 Å². The van der Waals surface area contributed by atoms with Gasteiger partial charge in [-0.25, -0.2) is 4.79 Å². The molecule has 0 fully saturated rings. The fourth-order valence-corrected chi connectivity index (χ4v) is 4.15. The zero-order valence-electron chi connectivity index (χ0n) is 25.1. The molecular formula is C35H40O7. The fourth-order valence-electron chi connectivity index (χ4n) is 4.15. The van der Waals surface area contributed by atoms with E-state index in [1.807, 2.05) is 53.7 Å². The number of rotatable bonds is 8. The van der Waals surface area contributed by atoms with Crippen LogP contribution in [0.25, 0.3) is 0 Å². The Labute approximate surface area is 247 Å². The lowest BCUT2D eigenvalue weighted by Gasteiger charge is -2.28. The maximum Gasteiger partial charge on any atom is 0.335 e. The molecule has 42 heavy (non-hydrogen) atoms. The highest BCUT2D eigenvalue weighted by Gasteiger charge is 2.27. The number of hydrogen-bond donors (Lipinski definition) is 3. The van der Waals surface area contributed by atoms with Gasteiger partial charge in [0.2, 0.25) is 0 Å². The molecule has 0 amide bonds. The van der Waals surface area contributed by atoms with E-state index in [4.69, 9.17) is 4.74 Å². The number of carbonyl (C=O) groups excluding carboxylic acids is 2. The molecule has 7 heteroatoms. The quantitative estimate of drug-likeness (QED) is 0.0863. The van der Waals surface area contributed by atoms with Crippen LogP contribution in [-0.4, -0.2) is 33.0 Å². The van der Waals surface area contributed by atoms with Crippen molar-refractivity contribution in [2.24, 2.45) is 5.92 Å². The SMILES string of the molecule is C=CC(=O)Oc1ccc(C(=O)c2ccccc2)c(O)c1.C=CC(Cc1cc(C(C)(C)C)c(O)c(C(C)(C)C)c1)C(=O)O. The summed E-state index contributed by atoms with van der Waals surface area (Å²) >= 11 is 0. The van der Waals surface area contributed by atoms with Crippen LogP contribution in [0.4, 0.5) is 0 Å². The van der Waals surface area contributed by atoms with Crippen molar-refractivity contribution in [1.82, 2.24) is 0 Å². The van der Waals surface area contributed by atoms with Crippen molar-refractivity contribution in [3.63, 3.8) is 0 Å². The molecular weight excluding hydrogens is 532 g/mol. The van der Waals surface area contributed by atoms with Crippen molar-refractivity contribution in [3.05, 3.63) is 114 Å². The molecule has 0 spiro atoms. The summed E-state index contributed by atoms with van der Waals surface area (Å²) in [6.07, 6.45) is 2.86. The Morgan fingerprint density at radius 3 is 1.83 bits per heavy atom. The Kier molecular flexibility index (Phi) is 11.0. The Morgan fingerprint density at radius 1 is 0.857 bits per heavy atom. The highest BCUT2D eigenvalue weighted by atomic mass is 16.5. The first-order valence-electron chi connectivity index (χ1n) is 13.5. The van der Waals surface area contributed by atoms with Gasteiger partial charge in [0, 0.05) is 17.7 Å². The van der Waals surface area contributed by atoms with Gasteiger partial charge >= 0.3 is 11.9 Å². The van der Waals surface area contributed by atoms with E-state index >= 15 is 0 Å². The summed E-state index contributed by atoms with van der Waals surface area (Å²) in [5.41, 5.74) is 2.81. The smallest absolute Gasteiger partial charge is 0.335 e. The summed E-state index contributed by atoms with van der Waals surface area (Å²) in [5.74, 6) is -2.21. The lowest BCUT2D eigenvalue weighted by molar-refractivity contribution is -0.140. The summed E-state index contributed by atoms with van der Waals surface area (Å²) in [7, 11) is 0. The van der Waals surface area contributed by atoms with Gasteiger partial charge in [0.1, 0.15) is 17.2 Å². The van der Waals surface area contributed by atoms with Gasteiger partial charge < -0.3 is 20.1 Å².